The Labute approximate surface area is 394 Å². The van der Waals surface area contributed by atoms with Gasteiger partial charge in [0, 0.05) is 67.7 Å². The van der Waals surface area contributed by atoms with Crippen LogP contribution in [0.25, 0.3) is 33.3 Å². The number of aromatic hydroxyl groups is 1. The first kappa shape index (κ1) is 47.7. The van der Waals surface area contributed by atoms with Crippen LogP contribution in [0.1, 0.15) is 104 Å². The number of aromatic nitrogens is 2. The third kappa shape index (κ3) is 9.41. The zero-order valence-electron chi connectivity index (χ0n) is 40.6. The van der Waals surface area contributed by atoms with Crippen LogP contribution < -0.4 is 16.1 Å². The maximum absolute atomic E-state index is 14.8. The number of likely N-dealkylation sites (N-methyl/N-ethyl adjacent to an activating group) is 1. The molecule has 5 atom stereocenters. The molecule has 6 heterocycles. The van der Waals surface area contributed by atoms with E-state index in [0.29, 0.717) is 57.3 Å². The van der Waals surface area contributed by atoms with Gasteiger partial charge in [-0.25, -0.2) is 5.43 Å². The SMILES string of the molecule is CCn1c(-c2cccnc2C(C)C)c2c3cc(ccc31)-c1cc(O)cc(c1)C[C@H](NC(=O)[C@H](C(C)C)N(C)C(=O)[C@@]1(C)CCCN1C(=O)[C@@H]1CN1)C(=O)N1CCC[C@H](N1)C(=O)OCC(C)(C)C2. The number of fused-ring (bicyclic) bond motifs is 6. The summed E-state index contributed by atoms with van der Waals surface area (Å²) in [5.74, 6) is -2.14. The Hall–Kier alpha value is -5.80. The summed E-state index contributed by atoms with van der Waals surface area (Å²) in [6, 6.07) is 12.4. The molecule has 4 aromatic rings. The number of pyridine rings is 1. The number of esters is 1. The molecule has 67 heavy (non-hydrogen) atoms. The lowest BCUT2D eigenvalue weighted by atomic mass is 9.83. The van der Waals surface area contributed by atoms with Gasteiger partial charge in [-0.3, -0.25) is 34.0 Å². The summed E-state index contributed by atoms with van der Waals surface area (Å²) >= 11 is 0. The van der Waals surface area contributed by atoms with E-state index >= 15 is 0 Å². The van der Waals surface area contributed by atoms with Gasteiger partial charge in [0.05, 0.1) is 24.0 Å². The van der Waals surface area contributed by atoms with Gasteiger partial charge < -0.3 is 34.8 Å². The van der Waals surface area contributed by atoms with Gasteiger partial charge in [-0.15, -0.1) is 0 Å². The van der Waals surface area contributed by atoms with Crippen LogP contribution in [0, 0.1) is 11.3 Å². The Morgan fingerprint density at radius 1 is 1.01 bits per heavy atom. The molecule has 0 aliphatic carbocycles. The number of nitrogens with one attached hydrogen (secondary N) is 3. The summed E-state index contributed by atoms with van der Waals surface area (Å²) in [5.41, 5.74) is 8.94. The average molecular weight is 917 g/mol. The van der Waals surface area contributed by atoms with Crippen LogP contribution >= 0.6 is 0 Å². The molecule has 8 rings (SSSR count). The normalized spacial score (nSPS) is 23.5. The third-order valence-corrected chi connectivity index (χ3v) is 14.2. The standard InChI is InChI=1S/C52H68N8O7/c1-10-58-42-17-16-33-26-37(42)38(45(58)36-14-11-19-53-43(36)30(2)3)27-51(6,7)29-67-49(65)39-15-12-21-60(56-39)48(64)40(24-32-22-34(33)25-35(61)23-32)55-46(62)44(31(4)5)57(9)50(66)52(8)18-13-20-59(52)47(63)41-28-54-41/h11,14,16-17,19,22-23,25-26,30-31,39-41,44,54,56,61H,10,12-13,15,18,20-21,24,27-29H2,1-9H3,(H,55,62)/t39-,40-,41-,44-,52+/m0/s1. The van der Waals surface area contributed by atoms with Gasteiger partial charge in [0.25, 0.3) is 5.91 Å². The number of carbonyl (C=O) groups is 5. The van der Waals surface area contributed by atoms with Crippen LogP contribution in [0.5, 0.6) is 5.75 Å². The first-order valence-electron chi connectivity index (χ1n) is 24.1. The molecule has 4 N–H and O–H groups in total. The Balaban J connectivity index is 1.20. The molecular weight excluding hydrogens is 849 g/mol. The highest BCUT2D eigenvalue weighted by Gasteiger charge is 2.51. The van der Waals surface area contributed by atoms with Crippen molar-refractivity contribution < 1.29 is 33.8 Å². The number of hydrogen-bond acceptors (Lipinski definition) is 10. The van der Waals surface area contributed by atoms with E-state index in [1.54, 1.807) is 31.0 Å². The van der Waals surface area contributed by atoms with E-state index in [4.69, 9.17) is 9.72 Å². The van der Waals surface area contributed by atoms with Crippen molar-refractivity contribution in [1.29, 1.82) is 0 Å². The summed E-state index contributed by atoms with van der Waals surface area (Å²) in [6.07, 6.45) is 4.50. The highest BCUT2D eigenvalue weighted by molar-refractivity contribution is 5.98. The largest absolute Gasteiger partial charge is 0.508 e. The number of cyclic esters (lactones) is 1. The number of aryl methyl sites for hydroxylation is 1. The van der Waals surface area contributed by atoms with E-state index in [2.05, 4.69) is 73.4 Å². The molecule has 2 aromatic heterocycles. The number of nitrogens with zero attached hydrogens (tertiary/aromatic N) is 5. The average Bonchev–Trinajstić information content (AvgIpc) is 4.01. The lowest BCUT2D eigenvalue weighted by Gasteiger charge is -2.41. The second-order valence-corrected chi connectivity index (χ2v) is 20.7. The minimum atomic E-state index is -1.17. The number of phenols is 1. The van der Waals surface area contributed by atoms with Crippen LogP contribution in [0.3, 0.4) is 0 Å². The molecule has 4 aliphatic rings. The molecule has 0 spiro atoms. The maximum atomic E-state index is 14.8. The summed E-state index contributed by atoms with van der Waals surface area (Å²) in [7, 11) is 1.59. The second-order valence-electron chi connectivity index (χ2n) is 20.7. The Morgan fingerprint density at radius 3 is 2.48 bits per heavy atom. The fraction of sp³-hybridized carbons (Fsp3) is 0.538. The number of likely N-dealkylation sites (tertiary alicyclic amines) is 1. The molecule has 0 saturated carbocycles. The number of ether oxygens (including phenoxy) is 1. The van der Waals surface area contributed by atoms with Gasteiger partial charge in [0.15, 0.2) is 0 Å². The van der Waals surface area contributed by atoms with Gasteiger partial charge in [-0.1, -0.05) is 53.7 Å². The van der Waals surface area contributed by atoms with Crippen molar-refractivity contribution in [3.63, 3.8) is 0 Å². The lowest BCUT2D eigenvalue weighted by molar-refractivity contribution is -0.156. The Morgan fingerprint density at radius 2 is 1.78 bits per heavy atom. The predicted octanol–water partition coefficient (Wildman–Crippen LogP) is 5.70. The van der Waals surface area contributed by atoms with Gasteiger partial charge in [-0.2, -0.15) is 0 Å². The molecule has 0 radical (unpaired) electrons. The number of hydrogen-bond donors (Lipinski definition) is 4. The lowest BCUT2D eigenvalue weighted by Crippen LogP contribution is -2.64. The molecule has 0 unspecified atom stereocenters. The van der Waals surface area contributed by atoms with Crippen molar-refractivity contribution in [2.45, 2.75) is 136 Å². The van der Waals surface area contributed by atoms with Crippen molar-refractivity contribution in [1.82, 2.24) is 40.4 Å². The number of rotatable bonds is 9. The van der Waals surface area contributed by atoms with Crippen molar-refractivity contribution >= 4 is 40.5 Å². The summed E-state index contributed by atoms with van der Waals surface area (Å²) in [6.45, 7) is 18.2. The predicted molar refractivity (Wildman–Crippen MR) is 257 cm³/mol. The molecule has 15 nitrogen and oxygen atoms in total. The number of carbonyl (C=O) groups excluding carboxylic acids is 5. The molecule has 6 bridgehead atoms. The molecule has 3 fully saturated rings. The first-order valence-corrected chi connectivity index (χ1v) is 24.1. The minimum Gasteiger partial charge on any atom is -0.508 e. The molecular formula is C52H68N8O7. The quantitative estimate of drug-likeness (QED) is 0.120. The van der Waals surface area contributed by atoms with Crippen LogP contribution in [-0.4, -0.2) is 122 Å². The van der Waals surface area contributed by atoms with E-state index in [0.717, 1.165) is 44.5 Å². The van der Waals surface area contributed by atoms with Crippen molar-refractivity contribution in [3.8, 4) is 28.1 Å². The van der Waals surface area contributed by atoms with E-state index in [1.807, 2.05) is 38.2 Å². The summed E-state index contributed by atoms with van der Waals surface area (Å²) < 4.78 is 8.46. The zero-order valence-corrected chi connectivity index (χ0v) is 40.6. The second kappa shape index (κ2) is 18.7. The van der Waals surface area contributed by atoms with Crippen molar-refractivity contribution in [2.24, 2.45) is 11.3 Å². The fourth-order valence-corrected chi connectivity index (χ4v) is 10.7. The topological polar surface area (TPSA) is 188 Å². The third-order valence-electron chi connectivity index (χ3n) is 14.2. The number of benzene rings is 2. The minimum absolute atomic E-state index is 0.000707. The highest BCUT2D eigenvalue weighted by Crippen LogP contribution is 2.42. The summed E-state index contributed by atoms with van der Waals surface area (Å²) in [4.78, 5) is 79.2. The number of amides is 4. The molecule has 4 aliphatic heterocycles. The summed E-state index contributed by atoms with van der Waals surface area (Å²) in [5, 5.41) is 19.9. The smallest absolute Gasteiger partial charge is 0.324 e. The molecule has 2 aromatic carbocycles. The van der Waals surface area contributed by atoms with E-state index in [-0.39, 0.29) is 55.0 Å². The molecule has 3 saturated heterocycles. The van der Waals surface area contributed by atoms with E-state index < -0.39 is 46.9 Å². The van der Waals surface area contributed by atoms with E-state index in [9.17, 15) is 29.1 Å². The van der Waals surface area contributed by atoms with Crippen LogP contribution in [-0.2, 0) is 48.1 Å². The molecule has 4 amide bonds. The first-order chi connectivity index (χ1) is 31.8. The van der Waals surface area contributed by atoms with Crippen molar-refractivity contribution in [3.05, 3.63) is 71.5 Å². The Kier molecular flexibility index (Phi) is 13.3. The number of phenolic OH excluding ortho intramolecular Hbond substituents is 1. The molecule has 358 valence electrons. The molecule has 15 heteroatoms. The monoisotopic (exact) mass is 917 g/mol. The van der Waals surface area contributed by atoms with Crippen LogP contribution in [0.2, 0.25) is 0 Å². The van der Waals surface area contributed by atoms with E-state index in [1.165, 1.54) is 9.91 Å². The number of hydrazine groups is 1. The van der Waals surface area contributed by atoms with Crippen LogP contribution in [0.4, 0.5) is 0 Å². The maximum Gasteiger partial charge on any atom is 0.324 e. The van der Waals surface area contributed by atoms with Gasteiger partial charge in [0.1, 0.15) is 29.4 Å². The van der Waals surface area contributed by atoms with Gasteiger partial charge in [-0.05, 0) is 116 Å². The highest BCUT2D eigenvalue weighted by atomic mass is 16.5. The van der Waals surface area contributed by atoms with Crippen molar-refractivity contribution in [2.75, 3.05) is 33.3 Å². The Bertz CT molecular complexity index is 2580. The fourth-order valence-electron chi connectivity index (χ4n) is 10.7. The van der Waals surface area contributed by atoms with Gasteiger partial charge >= 0.3 is 5.97 Å². The van der Waals surface area contributed by atoms with Gasteiger partial charge in [0.2, 0.25) is 17.7 Å². The zero-order chi connectivity index (χ0) is 48.1. The van der Waals surface area contributed by atoms with Crippen LogP contribution in [0.15, 0.2) is 54.7 Å².